The molecule has 100 valence electrons. The van der Waals surface area contributed by atoms with Crippen molar-refractivity contribution in [3.63, 3.8) is 0 Å². The molecule has 0 aliphatic heterocycles. The number of carbonyl (C=O) groups is 1. The van der Waals surface area contributed by atoms with Crippen LogP contribution in [0.3, 0.4) is 0 Å². The fourth-order valence-electron chi connectivity index (χ4n) is 1.66. The van der Waals surface area contributed by atoms with Crippen LogP contribution in [0.15, 0.2) is 47.8 Å². The molecule has 19 heavy (non-hydrogen) atoms. The van der Waals surface area contributed by atoms with Gasteiger partial charge in [0.1, 0.15) is 5.75 Å². The van der Waals surface area contributed by atoms with Gasteiger partial charge in [-0.05, 0) is 36.9 Å². The molecule has 2 rings (SSSR count). The highest BCUT2D eigenvalue weighted by atomic mass is 32.1. The number of carbonyl (C=O) groups excluding carboxylic acids is 1. The predicted octanol–water partition coefficient (Wildman–Crippen LogP) is 2.87. The maximum Gasteiger partial charge on any atom is 0.260 e. The van der Waals surface area contributed by atoms with Gasteiger partial charge in [-0.3, -0.25) is 4.79 Å². The molecule has 0 bridgehead atoms. The van der Waals surface area contributed by atoms with Crippen molar-refractivity contribution < 1.29 is 9.53 Å². The largest absolute Gasteiger partial charge is 0.481 e. The first-order valence-electron chi connectivity index (χ1n) is 6.27. The lowest BCUT2D eigenvalue weighted by molar-refractivity contribution is -0.127. The van der Waals surface area contributed by atoms with Crippen LogP contribution in [0, 0.1) is 0 Å². The second-order valence-electron chi connectivity index (χ2n) is 4.19. The number of rotatable bonds is 6. The normalized spacial score (nSPS) is 11.8. The van der Waals surface area contributed by atoms with Gasteiger partial charge >= 0.3 is 0 Å². The Hall–Kier alpha value is -1.81. The molecule has 0 saturated carbocycles. The van der Waals surface area contributed by atoms with Crippen molar-refractivity contribution >= 4 is 17.2 Å². The van der Waals surface area contributed by atoms with Crippen LogP contribution in [0.2, 0.25) is 0 Å². The van der Waals surface area contributed by atoms with Gasteiger partial charge in [-0.15, -0.1) is 11.3 Å². The summed E-state index contributed by atoms with van der Waals surface area (Å²) in [5.41, 5.74) is 0. The third kappa shape index (κ3) is 4.41. The topological polar surface area (TPSA) is 38.3 Å². The van der Waals surface area contributed by atoms with Crippen molar-refractivity contribution in [2.45, 2.75) is 19.4 Å². The van der Waals surface area contributed by atoms with Crippen molar-refractivity contribution in [3.05, 3.63) is 52.7 Å². The molecule has 0 aliphatic carbocycles. The first kappa shape index (κ1) is 13.6. The lowest BCUT2D eigenvalue weighted by Crippen LogP contribution is -2.37. The summed E-state index contributed by atoms with van der Waals surface area (Å²) in [6.45, 7) is 2.40. The second kappa shape index (κ2) is 6.95. The molecule has 1 aromatic carbocycles. The van der Waals surface area contributed by atoms with Gasteiger partial charge in [-0.1, -0.05) is 24.3 Å². The molecule has 0 aliphatic rings. The SMILES string of the molecule is C[C@@H](Oc1ccccc1)C(=O)NCCc1cccs1. The van der Waals surface area contributed by atoms with Crippen molar-refractivity contribution in [2.24, 2.45) is 0 Å². The molecule has 2 aromatic rings. The number of para-hydroxylation sites is 1. The number of hydrogen-bond acceptors (Lipinski definition) is 3. The molecule has 1 aromatic heterocycles. The minimum absolute atomic E-state index is 0.0830. The Kier molecular flexibility index (Phi) is 4.98. The van der Waals surface area contributed by atoms with E-state index < -0.39 is 6.10 Å². The lowest BCUT2D eigenvalue weighted by atomic mass is 10.3. The summed E-state index contributed by atoms with van der Waals surface area (Å²) in [4.78, 5) is 13.1. The van der Waals surface area contributed by atoms with Crippen LogP contribution in [-0.4, -0.2) is 18.6 Å². The van der Waals surface area contributed by atoms with Gasteiger partial charge in [0.25, 0.3) is 5.91 Å². The van der Waals surface area contributed by atoms with E-state index in [9.17, 15) is 4.79 Å². The molecule has 4 heteroatoms. The molecule has 1 N–H and O–H groups in total. The Morgan fingerprint density at radius 2 is 2.05 bits per heavy atom. The Morgan fingerprint density at radius 1 is 1.26 bits per heavy atom. The number of hydrogen-bond donors (Lipinski definition) is 1. The smallest absolute Gasteiger partial charge is 0.260 e. The molecule has 0 spiro atoms. The maximum absolute atomic E-state index is 11.8. The van der Waals surface area contributed by atoms with Gasteiger partial charge in [0.05, 0.1) is 0 Å². The Morgan fingerprint density at radius 3 is 2.74 bits per heavy atom. The van der Waals surface area contributed by atoms with E-state index in [1.165, 1.54) is 4.88 Å². The lowest BCUT2D eigenvalue weighted by Gasteiger charge is -2.14. The van der Waals surface area contributed by atoms with E-state index in [0.717, 1.165) is 6.42 Å². The fraction of sp³-hybridized carbons (Fsp3) is 0.267. The van der Waals surface area contributed by atoms with Crippen molar-refractivity contribution in [1.29, 1.82) is 0 Å². The van der Waals surface area contributed by atoms with Gasteiger partial charge in [-0.2, -0.15) is 0 Å². The number of benzene rings is 1. The molecule has 0 unspecified atom stereocenters. The Balaban J connectivity index is 1.73. The van der Waals surface area contributed by atoms with Crippen molar-refractivity contribution in [2.75, 3.05) is 6.54 Å². The van der Waals surface area contributed by atoms with Gasteiger partial charge in [-0.25, -0.2) is 0 Å². The molecule has 1 atom stereocenters. The standard InChI is InChI=1S/C15H17NO2S/c1-12(18-13-6-3-2-4-7-13)15(17)16-10-9-14-8-5-11-19-14/h2-8,11-12H,9-10H2,1H3,(H,16,17)/t12-/m1/s1. The number of amides is 1. The fourth-order valence-corrected chi connectivity index (χ4v) is 2.37. The Labute approximate surface area is 117 Å². The average Bonchev–Trinajstić information content (AvgIpc) is 2.93. The first-order valence-corrected chi connectivity index (χ1v) is 7.15. The summed E-state index contributed by atoms with van der Waals surface area (Å²) in [7, 11) is 0. The summed E-state index contributed by atoms with van der Waals surface area (Å²) in [6.07, 6.45) is 0.382. The quantitative estimate of drug-likeness (QED) is 0.880. The third-order valence-electron chi connectivity index (χ3n) is 2.68. The highest BCUT2D eigenvalue weighted by Crippen LogP contribution is 2.11. The number of nitrogens with one attached hydrogen (secondary N) is 1. The zero-order valence-electron chi connectivity index (χ0n) is 10.8. The van der Waals surface area contributed by atoms with Crippen LogP contribution in [0.1, 0.15) is 11.8 Å². The predicted molar refractivity (Wildman–Crippen MR) is 77.6 cm³/mol. The van der Waals surface area contributed by atoms with Crippen molar-refractivity contribution in [3.8, 4) is 5.75 Å². The van der Waals surface area contributed by atoms with Gasteiger partial charge in [0.2, 0.25) is 0 Å². The monoisotopic (exact) mass is 275 g/mol. The highest BCUT2D eigenvalue weighted by Gasteiger charge is 2.13. The molecule has 0 radical (unpaired) electrons. The number of ether oxygens (including phenoxy) is 1. The Bertz CT molecular complexity index is 496. The summed E-state index contributed by atoms with van der Waals surface area (Å²) < 4.78 is 5.55. The van der Waals surface area contributed by atoms with Gasteiger partial charge < -0.3 is 10.1 Å². The van der Waals surface area contributed by atoms with Crippen LogP contribution in [-0.2, 0) is 11.2 Å². The van der Waals surface area contributed by atoms with E-state index in [1.54, 1.807) is 18.3 Å². The molecule has 0 saturated heterocycles. The van der Waals surface area contributed by atoms with E-state index >= 15 is 0 Å². The minimum atomic E-state index is -0.481. The van der Waals surface area contributed by atoms with E-state index in [2.05, 4.69) is 11.4 Å². The third-order valence-corrected chi connectivity index (χ3v) is 3.61. The van der Waals surface area contributed by atoms with Crippen LogP contribution in [0.4, 0.5) is 0 Å². The molecule has 1 heterocycles. The summed E-state index contributed by atoms with van der Waals surface area (Å²) in [5.74, 6) is 0.629. The highest BCUT2D eigenvalue weighted by molar-refractivity contribution is 7.09. The van der Waals surface area contributed by atoms with E-state index in [1.807, 2.05) is 41.8 Å². The summed E-state index contributed by atoms with van der Waals surface area (Å²) >= 11 is 1.70. The summed E-state index contributed by atoms with van der Waals surface area (Å²) in [6, 6.07) is 13.5. The molecule has 0 fully saturated rings. The van der Waals surface area contributed by atoms with Crippen LogP contribution < -0.4 is 10.1 Å². The minimum Gasteiger partial charge on any atom is -0.481 e. The molecular weight excluding hydrogens is 258 g/mol. The van der Waals surface area contributed by atoms with E-state index in [-0.39, 0.29) is 5.91 Å². The average molecular weight is 275 g/mol. The maximum atomic E-state index is 11.8. The second-order valence-corrected chi connectivity index (χ2v) is 5.23. The first-order chi connectivity index (χ1) is 9.25. The molecule has 1 amide bonds. The summed E-state index contributed by atoms with van der Waals surface area (Å²) in [5, 5.41) is 4.92. The zero-order chi connectivity index (χ0) is 13.5. The van der Waals surface area contributed by atoms with E-state index in [4.69, 9.17) is 4.74 Å². The van der Waals surface area contributed by atoms with Crippen LogP contribution in [0.25, 0.3) is 0 Å². The van der Waals surface area contributed by atoms with Crippen LogP contribution >= 0.6 is 11.3 Å². The number of thiophene rings is 1. The van der Waals surface area contributed by atoms with Crippen LogP contribution in [0.5, 0.6) is 5.75 Å². The zero-order valence-corrected chi connectivity index (χ0v) is 11.7. The van der Waals surface area contributed by atoms with Crippen molar-refractivity contribution in [1.82, 2.24) is 5.32 Å². The van der Waals surface area contributed by atoms with Gasteiger partial charge in [0.15, 0.2) is 6.10 Å². The molecule has 3 nitrogen and oxygen atoms in total. The van der Waals surface area contributed by atoms with E-state index in [0.29, 0.717) is 12.3 Å². The molecular formula is C15H17NO2S. The van der Waals surface area contributed by atoms with Gasteiger partial charge in [0, 0.05) is 11.4 Å².